The van der Waals surface area contributed by atoms with Crippen LogP contribution in [0, 0.1) is 5.92 Å². The SMILES string of the molecule is CC[C@@]1(O)C(=O)OCc2c1cc1n(c2=O)Cc2cc3cc(N)cc(NCC(C)C)c3nc2-1. The molecular formula is C24H26N4O4. The zero-order chi connectivity index (χ0) is 22.8. The van der Waals surface area contributed by atoms with E-state index in [4.69, 9.17) is 15.5 Å². The number of anilines is 2. The Labute approximate surface area is 185 Å². The number of cyclic esters (lactones) is 1. The molecule has 0 saturated heterocycles. The molecule has 0 bridgehead atoms. The molecular weight excluding hydrogens is 408 g/mol. The number of ether oxygens (including phenoxy) is 1. The Bertz CT molecular complexity index is 1340. The van der Waals surface area contributed by atoms with E-state index in [0.29, 0.717) is 40.7 Å². The summed E-state index contributed by atoms with van der Waals surface area (Å²) in [6, 6.07) is 7.48. The van der Waals surface area contributed by atoms with Crippen LogP contribution < -0.4 is 16.6 Å². The van der Waals surface area contributed by atoms with Crippen molar-refractivity contribution in [2.75, 3.05) is 17.6 Å². The molecule has 2 aliphatic rings. The normalized spacial score (nSPS) is 19.0. The van der Waals surface area contributed by atoms with Crippen LogP contribution in [0.1, 0.15) is 43.9 Å². The summed E-state index contributed by atoms with van der Waals surface area (Å²) in [5, 5.41) is 15.3. The lowest BCUT2D eigenvalue weighted by Gasteiger charge is -2.31. The van der Waals surface area contributed by atoms with Crippen molar-refractivity contribution in [3.05, 3.63) is 51.3 Å². The number of rotatable bonds is 4. The van der Waals surface area contributed by atoms with Crippen molar-refractivity contribution < 1.29 is 14.6 Å². The summed E-state index contributed by atoms with van der Waals surface area (Å²) in [6.07, 6.45) is 0.113. The van der Waals surface area contributed by atoms with E-state index in [2.05, 4.69) is 19.2 Å². The first-order chi connectivity index (χ1) is 15.2. The van der Waals surface area contributed by atoms with E-state index in [1.54, 1.807) is 17.6 Å². The number of nitrogens with one attached hydrogen (secondary N) is 1. The number of aromatic nitrogens is 2. The average Bonchev–Trinajstić information content (AvgIpc) is 3.11. The molecule has 8 nitrogen and oxygen atoms in total. The fraction of sp³-hybridized carbons (Fsp3) is 0.375. The molecule has 2 aliphatic heterocycles. The second-order valence-electron chi connectivity index (χ2n) is 9.01. The minimum Gasteiger partial charge on any atom is -0.458 e. The number of nitrogens with zero attached hydrogens (tertiary/aromatic N) is 2. The standard InChI is InChI=1S/C24H26N4O4/c1-4-24(31)17-8-19-21-14(10-28(19)22(29)16(17)11-32-23(24)30)5-13-6-15(25)7-18(20(13)27-21)26-9-12(2)3/h5-8,12,26,31H,4,9-11,25H2,1-3H3/t24-/m0/s1. The molecule has 5 rings (SSSR count). The Hall–Kier alpha value is -3.39. The fourth-order valence-electron chi connectivity index (χ4n) is 4.57. The predicted molar refractivity (Wildman–Crippen MR) is 122 cm³/mol. The Morgan fingerprint density at radius 2 is 2.06 bits per heavy atom. The maximum atomic E-state index is 13.3. The van der Waals surface area contributed by atoms with Crippen LogP contribution in [-0.2, 0) is 28.3 Å². The van der Waals surface area contributed by atoms with E-state index in [-0.39, 0.29) is 18.6 Å². The van der Waals surface area contributed by atoms with Gasteiger partial charge in [0, 0.05) is 28.7 Å². The molecule has 0 fully saturated rings. The van der Waals surface area contributed by atoms with Gasteiger partial charge in [0.2, 0.25) is 0 Å². The second kappa shape index (κ2) is 7.06. The maximum Gasteiger partial charge on any atom is 0.343 e. The third-order valence-corrected chi connectivity index (χ3v) is 6.33. The van der Waals surface area contributed by atoms with Crippen LogP contribution in [0.5, 0.6) is 0 Å². The number of fused-ring (bicyclic) bond motifs is 5. The number of aliphatic hydroxyl groups is 1. The molecule has 166 valence electrons. The van der Waals surface area contributed by atoms with E-state index in [1.165, 1.54) is 0 Å². The van der Waals surface area contributed by atoms with Gasteiger partial charge in [0.1, 0.15) is 6.61 Å². The molecule has 0 unspecified atom stereocenters. The third-order valence-electron chi connectivity index (χ3n) is 6.33. The smallest absolute Gasteiger partial charge is 0.343 e. The fourth-order valence-corrected chi connectivity index (χ4v) is 4.57. The van der Waals surface area contributed by atoms with Crippen molar-refractivity contribution in [1.29, 1.82) is 0 Å². The average molecular weight is 434 g/mol. The van der Waals surface area contributed by atoms with Crippen LogP contribution in [0.2, 0.25) is 0 Å². The number of hydrogen-bond acceptors (Lipinski definition) is 7. The molecule has 0 aliphatic carbocycles. The molecule has 3 aromatic rings. The summed E-state index contributed by atoms with van der Waals surface area (Å²) in [4.78, 5) is 30.5. The third kappa shape index (κ3) is 2.90. The highest BCUT2D eigenvalue weighted by molar-refractivity contribution is 5.96. The highest BCUT2D eigenvalue weighted by atomic mass is 16.6. The van der Waals surface area contributed by atoms with Gasteiger partial charge in [-0.1, -0.05) is 20.8 Å². The molecule has 4 heterocycles. The summed E-state index contributed by atoms with van der Waals surface area (Å²) < 4.78 is 6.76. The van der Waals surface area contributed by atoms with Crippen molar-refractivity contribution in [3.63, 3.8) is 0 Å². The van der Waals surface area contributed by atoms with E-state index in [0.717, 1.165) is 28.7 Å². The number of nitrogens with two attached hydrogens (primary N) is 1. The van der Waals surface area contributed by atoms with E-state index in [9.17, 15) is 14.7 Å². The van der Waals surface area contributed by atoms with Gasteiger partial charge in [-0.15, -0.1) is 0 Å². The molecule has 8 heteroatoms. The van der Waals surface area contributed by atoms with Crippen LogP contribution in [0.15, 0.2) is 29.1 Å². The molecule has 0 amide bonds. The lowest BCUT2D eigenvalue weighted by molar-refractivity contribution is -0.172. The first kappa shape index (κ1) is 20.5. The molecule has 2 aromatic heterocycles. The quantitative estimate of drug-likeness (QED) is 0.334. The lowest BCUT2D eigenvalue weighted by Crippen LogP contribution is -2.44. The Morgan fingerprint density at radius 3 is 2.78 bits per heavy atom. The molecule has 0 saturated carbocycles. The summed E-state index contributed by atoms with van der Waals surface area (Å²) >= 11 is 0. The lowest BCUT2D eigenvalue weighted by atomic mass is 9.86. The Balaban J connectivity index is 1.73. The van der Waals surface area contributed by atoms with Crippen molar-refractivity contribution in [3.8, 4) is 11.4 Å². The van der Waals surface area contributed by atoms with Gasteiger partial charge in [-0.2, -0.15) is 0 Å². The number of nitrogen functional groups attached to an aromatic ring is 1. The number of hydrogen-bond donors (Lipinski definition) is 3. The minimum absolute atomic E-state index is 0.113. The Kier molecular flexibility index (Phi) is 4.53. The molecule has 0 spiro atoms. The number of benzene rings is 1. The number of carbonyl (C=O) groups excluding carboxylic acids is 1. The number of esters is 1. The second-order valence-corrected chi connectivity index (χ2v) is 9.01. The Morgan fingerprint density at radius 1 is 1.28 bits per heavy atom. The highest BCUT2D eigenvalue weighted by Gasteiger charge is 2.45. The van der Waals surface area contributed by atoms with Gasteiger partial charge in [0.15, 0.2) is 5.60 Å². The van der Waals surface area contributed by atoms with Crippen LogP contribution in [0.4, 0.5) is 11.4 Å². The van der Waals surface area contributed by atoms with Crippen LogP contribution in [0.25, 0.3) is 22.3 Å². The van der Waals surface area contributed by atoms with Gasteiger partial charge < -0.3 is 25.5 Å². The summed E-state index contributed by atoms with van der Waals surface area (Å²) in [5.41, 5.74) is 9.07. The predicted octanol–water partition coefficient (Wildman–Crippen LogP) is 2.73. The van der Waals surface area contributed by atoms with E-state index >= 15 is 0 Å². The summed E-state index contributed by atoms with van der Waals surface area (Å²) in [6.45, 7) is 6.93. The topological polar surface area (TPSA) is 119 Å². The molecule has 4 N–H and O–H groups in total. The monoisotopic (exact) mass is 434 g/mol. The minimum atomic E-state index is -1.83. The van der Waals surface area contributed by atoms with Crippen LogP contribution in [0.3, 0.4) is 0 Å². The van der Waals surface area contributed by atoms with Gasteiger partial charge >= 0.3 is 5.97 Å². The van der Waals surface area contributed by atoms with Crippen molar-refractivity contribution in [1.82, 2.24) is 9.55 Å². The van der Waals surface area contributed by atoms with Crippen molar-refractivity contribution in [2.45, 2.75) is 45.9 Å². The zero-order valence-electron chi connectivity index (χ0n) is 18.4. The van der Waals surface area contributed by atoms with E-state index in [1.807, 2.05) is 18.2 Å². The van der Waals surface area contributed by atoms with Crippen LogP contribution >= 0.6 is 0 Å². The maximum absolute atomic E-state index is 13.3. The molecule has 1 aromatic carbocycles. The van der Waals surface area contributed by atoms with Gasteiger partial charge in [-0.25, -0.2) is 9.78 Å². The van der Waals surface area contributed by atoms with Crippen molar-refractivity contribution >= 4 is 28.2 Å². The van der Waals surface area contributed by atoms with Gasteiger partial charge in [-0.05, 0) is 36.6 Å². The largest absolute Gasteiger partial charge is 0.458 e. The molecule has 1 atom stereocenters. The molecule has 0 radical (unpaired) electrons. The molecule has 32 heavy (non-hydrogen) atoms. The summed E-state index contributed by atoms with van der Waals surface area (Å²) in [5.74, 6) is -0.282. The van der Waals surface area contributed by atoms with Gasteiger partial charge in [0.25, 0.3) is 5.56 Å². The first-order valence-corrected chi connectivity index (χ1v) is 10.9. The highest BCUT2D eigenvalue weighted by Crippen LogP contribution is 2.39. The number of pyridine rings is 2. The van der Waals surface area contributed by atoms with Gasteiger partial charge in [-0.3, -0.25) is 4.79 Å². The number of carbonyl (C=O) groups is 1. The summed E-state index contributed by atoms with van der Waals surface area (Å²) in [7, 11) is 0. The van der Waals surface area contributed by atoms with E-state index < -0.39 is 11.6 Å². The first-order valence-electron chi connectivity index (χ1n) is 10.9. The zero-order valence-corrected chi connectivity index (χ0v) is 18.4. The van der Waals surface area contributed by atoms with Crippen LogP contribution in [-0.4, -0.2) is 27.2 Å². The van der Waals surface area contributed by atoms with Crippen molar-refractivity contribution in [2.24, 2.45) is 5.92 Å². The van der Waals surface area contributed by atoms with Gasteiger partial charge in [0.05, 0.1) is 34.7 Å².